The van der Waals surface area contributed by atoms with Crippen LogP contribution in [0.1, 0.15) is 6.42 Å². The summed E-state index contributed by atoms with van der Waals surface area (Å²) in [5.41, 5.74) is 0. The summed E-state index contributed by atoms with van der Waals surface area (Å²) < 4.78 is 75.0. The summed E-state index contributed by atoms with van der Waals surface area (Å²) in [7, 11) is 0. The first-order chi connectivity index (χ1) is 10.5. The van der Waals surface area contributed by atoms with Crippen LogP contribution in [0.5, 0.6) is 11.5 Å². The maximum Gasteiger partial charge on any atom is 0.203 e. The van der Waals surface area contributed by atoms with Gasteiger partial charge in [-0.15, -0.1) is 0 Å². The lowest BCUT2D eigenvalue weighted by molar-refractivity contribution is 0.228. The van der Waals surface area contributed by atoms with Crippen LogP contribution in [0.15, 0.2) is 30.3 Å². The fourth-order valence-corrected chi connectivity index (χ4v) is 1.63. The largest absolute Gasteiger partial charge is 0.493 e. The maximum atomic E-state index is 13.3. The second-order valence-corrected chi connectivity index (χ2v) is 4.30. The summed E-state index contributed by atoms with van der Waals surface area (Å²) in [6.45, 7) is -0.0927. The molecule has 7 heteroatoms. The zero-order valence-electron chi connectivity index (χ0n) is 11.2. The van der Waals surface area contributed by atoms with Crippen molar-refractivity contribution in [1.82, 2.24) is 0 Å². The standard InChI is InChI=1S/C15H11F5O2/c16-9-2-4-10(5-3-9)21-6-1-7-22-15-13(19)11(17)8-12(18)14(15)20/h2-5,8H,1,6-7H2. The third-order valence-electron chi connectivity index (χ3n) is 2.69. The molecule has 0 N–H and O–H groups in total. The third-order valence-corrected chi connectivity index (χ3v) is 2.69. The van der Waals surface area contributed by atoms with Crippen molar-refractivity contribution >= 4 is 0 Å². The van der Waals surface area contributed by atoms with Crippen LogP contribution < -0.4 is 9.47 Å². The average molecular weight is 318 g/mol. The first-order valence-electron chi connectivity index (χ1n) is 6.33. The van der Waals surface area contributed by atoms with E-state index < -0.39 is 34.8 Å². The highest BCUT2D eigenvalue weighted by molar-refractivity contribution is 5.28. The normalized spacial score (nSPS) is 10.6. The van der Waals surface area contributed by atoms with Gasteiger partial charge in [-0.25, -0.2) is 13.2 Å². The number of hydrogen-bond acceptors (Lipinski definition) is 2. The first kappa shape index (κ1) is 16.1. The predicted octanol–water partition coefficient (Wildman–Crippen LogP) is 4.23. The molecular formula is C15H11F5O2. The molecule has 22 heavy (non-hydrogen) atoms. The van der Waals surface area contributed by atoms with Crippen LogP contribution in [-0.4, -0.2) is 13.2 Å². The molecule has 0 radical (unpaired) electrons. The van der Waals surface area contributed by atoms with E-state index in [2.05, 4.69) is 0 Å². The second kappa shape index (κ2) is 7.11. The molecular weight excluding hydrogens is 307 g/mol. The molecule has 2 aromatic rings. The summed E-state index contributed by atoms with van der Waals surface area (Å²) in [5, 5.41) is 0. The SMILES string of the molecule is Fc1ccc(OCCCOc2c(F)c(F)cc(F)c2F)cc1. The van der Waals surface area contributed by atoms with Gasteiger partial charge in [0, 0.05) is 12.5 Å². The molecule has 0 saturated heterocycles. The molecule has 0 aliphatic carbocycles. The van der Waals surface area contributed by atoms with Crippen LogP contribution in [0.25, 0.3) is 0 Å². The molecule has 0 heterocycles. The summed E-state index contributed by atoms with van der Waals surface area (Å²) in [6.07, 6.45) is 0.203. The molecule has 0 spiro atoms. The quantitative estimate of drug-likeness (QED) is 0.451. The van der Waals surface area contributed by atoms with Gasteiger partial charge in [0.15, 0.2) is 17.4 Å². The monoisotopic (exact) mass is 318 g/mol. The van der Waals surface area contributed by atoms with Crippen LogP contribution in [-0.2, 0) is 0 Å². The van der Waals surface area contributed by atoms with Gasteiger partial charge in [-0.1, -0.05) is 0 Å². The Kier molecular flexibility index (Phi) is 5.19. The molecule has 2 aromatic carbocycles. The molecule has 0 aromatic heterocycles. The minimum Gasteiger partial charge on any atom is -0.493 e. The molecule has 0 aliphatic heterocycles. The van der Waals surface area contributed by atoms with Crippen LogP contribution >= 0.6 is 0 Å². The van der Waals surface area contributed by atoms with E-state index in [1.807, 2.05) is 0 Å². The van der Waals surface area contributed by atoms with Crippen LogP contribution in [0.2, 0.25) is 0 Å². The second-order valence-electron chi connectivity index (χ2n) is 4.30. The van der Waals surface area contributed by atoms with Gasteiger partial charge < -0.3 is 9.47 Å². The van der Waals surface area contributed by atoms with Gasteiger partial charge in [-0.2, -0.15) is 8.78 Å². The van der Waals surface area contributed by atoms with Gasteiger partial charge >= 0.3 is 0 Å². The Balaban J connectivity index is 1.83. The molecule has 0 atom stereocenters. The van der Waals surface area contributed by atoms with E-state index in [1.165, 1.54) is 24.3 Å². The van der Waals surface area contributed by atoms with Crippen molar-refractivity contribution in [3.05, 3.63) is 59.4 Å². The third kappa shape index (κ3) is 3.87. The molecule has 2 nitrogen and oxygen atoms in total. The van der Waals surface area contributed by atoms with Crippen molar-refractivity contribution in [1.29, 1.82) is 0 Å². The zero-order valence-corrected chi connectivity index (χ0v) is 11.2. The highest BCUT2D eigenvalue weighted by atomic mass is 19.2. The van der Waals surface area contributed by atoms with Gasteiger partial charge in [0.1, 0.15) is 11.6 Å². The summed E-state index contributed by atoms with van der Waals surface area (Å²) >= 11 is 0. The van der Waals surface area contributed by atoms with Gasteiger partial charge in [0.25, 0.3) is 0 Å². The lowest BCUT2D eigenvalue weighted by Crippen LogP contribution is -2.08. The van der Waals surface area contributed by atoms with E-state index in [-0.39, 0.29) is 25.7 Å². The Morgan fingerprint density at radius 1 is 0.727 bits per heavy atom. The number of benzene rings is 2. The van der Waals surface area contributed by atoms with E-state index in [1.54, 1.807) is 0 Å². The van der Waals surface area contributed by atoms with Crippen molar-refractivity contribution in [3.8, 4) is 11.5 Å². The Labute approximate surface area is 123 Å². The van der Waals surface area contributed by atoms with Crippen LogP contribution in [0, 0.1) is 29.1 Å². The molecule has 0 unspecified atom stereocenters. The van der Waals surface area contributed by atoms with E-state index in [0.717, 1.165) is 0 Å². The molecule has 2 rings (SSSR count). The van der Waals surface area contributed by atoms with Gasteiger partial charge in [0.2, 0.25) is 11.6 Å². The summed E-state index contributed by atoms with van der Waals surface area (Å²) in [6, 6.07) is 5.36. The minimum absolute atomic E-state index is 0.106. The Morgan fingerprint density at radius 2 is 1.27 bits per heavy atom. The number of rotatable bonds is 6. The van der Waals surface area contributed by atoms with E-state index in [4.69, 9.17) is 9.47 Å². The highest BCUT2D eigenvalue weighted by Crippen LogP contribution is 2.26. The number of hydrogen-bond donors (Lipinski definition) is 0. The smallest absolute Gasteiger partial charge is 0.203 e. The Hall–Kier alpha value is -2.31. The van der Waals surface area contributed by atoms with Crippen molar-refractivity contribution < 1.29 is 31.4 Å². The molecule has 118 valence electrons. The van der Waals surface area contributed by atoms with E-state index >= 15 is 0 Å². The van der Waals surface area contributed by atoms with Crippen molar-refractivity contribution in [2.75, 3.05) is 13.2 Å². The summed E-state index contributed by atoms with van der Waals surface area (Å²) in [5.74, 6) is -7.32. The number of halogens is 5. The molecule has 0 saturated carbocycles. The molecule has 0 amide bonds. The average Bonchev–Trinajstić information content (AvgIpc) is 2.50. The topological polar surface area (TPSA) is 18.5 Å². The number of ether oxygens (including phenoxy) is 2. The highest BCUT2D eigenvalue weighted by Gasteiger charge is 2.20. The van der Waals surface area contributed by atoms with Crippen LogP contribution in [0.3, 0.4) is 0 Å². The van der Waals surface area contributed by atoms with E-state index in [0.29, 0.717) is 5.75 Å². The van der Waals surface area contributed by atoms with Gasteiger partial charge in [-0.3, -0.25) is 0 Å². The first-order valence-corrected chi connectivity index (χ1v) is 6.33. The molecule has 0 aliphatic rings. The van der Waals surface area contributed by atoms with Gasteiger partial charge in [0.05, 0.1) is 13.2 Å². The maximum absolute atomic E-state index is 13.3. The summed E-state index contributed by atoms with van der Waals surface area (Å²) in [4.78, 5) is 0. The van der Waals surface area contributed by atoms with Crippen molar-refractivity contribution in [3.63, 3.8) is 0 Å². The minimum atomic E-state index is -1.58. The van der Waals surface area contributed by atoms with Crippen LogP contribution in [0.4, 0.5) is 22.0 Å². The predicted molar refractivity (Wildman–Crippen MR) is 68.3 cm³/mol. The fourth-order valence-electron chi connectivity index (χ4n) is 1.63. The molecule has 0 bridgehead atoms. The lowest BCUT2D eigenvalue weighted by Gasteiger charge is -2.10. The fraction of sp³-hybridized carbons (Fsp3) is 0.200. The Bertz CT molecular complexity index is 617. The lowest BCUT2D eigenvalue weighted by atomic mass is 10.3. The Morgan fingerprint density at radius 3 is 1.86 bits per heavy atom. The van der Waals surface area contributed by atoms with E-state index in [9.17, 15) is 22.0 Å². The zero-order chi connectivity index (χ0) is 16.1. The van der Waals surface area contributed by atoms with Gasteiger partial charge in [-0.05, 0) is 24.3 Å². The van der Waals surface area contributed by atoms with Crippen molar-refractivity contribution in [2.24, 2.45) is 0 Å². The van der Waals surface area contributed by atoms with Crippen molar-refractivity contribution in [2.45, 2.75) is 6.42 Å². The molecule has 0 fully saturated rings.